The van der Waals surface area contributed by atoms with Crippen molar-refractivity contribution in [3.05, 3.63) is 64.7 Å². The molecular formula is C27H33N5O5. The SMILES string of the molecule is CCc1ccc(C(=O)N2C(=O)CN(CCC(=O)O)C(=O)c3cc(CCCCCN=C(N)N)ccc32)cc1. The highest BCUT2D eigenvalue weighted by atomic mass is 16.4. The molecule has 5 N–H and O–H groups in total. The van der Waals surface area contributed by atoms with Crippen molar-refractivity contribution in [3.8, 4) is 0 Å². The van der Waals surface area contributed by atoms with E-state index in [0.29, 0.717) is 18.5 Å². The van der Waals surface area contributed by atoms with Gasteiger partial charge in [-0.05, 0) is 61.1 Å². The molecule has 3 rings (SSSR count). The molecule has 10 heteroatoms. The highest BCUT2D eigenvalue weighted by Gasteiger charge is 2.35. The van der Waals surface area contributed by atoms with Crippen LogP contribution in [0, 0.1) is 0 Å². The number of nitrogens with two attached hydrogens (primary N) is 2. The lowest BCUT2D eigenvalue weighted by atomic mass is 10.0. The number of aryl methyl sites for hydroxylation is 2. The van der Waals surface area contributed by atoms with Crippen LogP contribution in [0.4, 0.5) is 5.69 Å². The number of imide groups is 1. The number of carbonyl (C=O) groups excluding carboxylic acids is 3. The normalized spacial score (nSPS) is 13.2. The molecule has 0 saturated heterocycles. The van der Waals surface area contributed by atoms with Crippen LogP contribution < -0.4 is 16.4 Å². The van der Waals surface area contributed by atoms with Gasteiger partial charge in [-0.3, -0.25) is 24.2 Å². The molecule has 0 bridgehead atoms. The van der Waals surface area contributed by atoms with Crippen molar-refractivity contribution < 1.29 is 24.3 Å². The summed E-state index contributed by atoms with van der Waals surface area (Å²) in [5, 5.41) is 9.12. The van der Waals surface area contributed by atoms with Crippen LogP contribution in [0.5, 0.6) is 0 Å². The van der Waals surface area contributed by atoms with Gasteiger partial charge in [-0.25, -0.2) is 4.90 Å². The number of hydrogen-bond acceptors (Lipinski definition) is 5. The first kappa shape index (κ1) is 27.4. The van der Waals surface area contributed by atoms with Crippen molar-refractivity contribution in [3.63, 3.8) is 0 Å². The largest absolute Gasteiger partial charge is 0.481 e. The third-order valence-electron chi connectivity index (χ3n) is 6.22. The second-order valence-electron chi connectivity index (χ2n) is 8.92. The summed E-state index contributed by atoms with van der Waals surface area (Å²) in [6, 6.07) is 12.1. The minimum Gasteiger partial charge on any atom is -0.481 e. The topological polar surface area (TPSA) is 159 Å². The molecule has 0 atom stereocenters. The fraction of sp³-hybridized carbons (Fsp3) is 0.370. The van der Waals surface area contributed by atoms with E-state index in [1.165, 1.54) is 4.90 Å². The molecule has 2 aromatic rings. The van der Waals surface area contributed by atoms with Gasteiger partial charge in [-0.1, -0.05) is 31.5 Å². The van der Waals surface area contributed by atoms with E-state index in [0.717, 1.165) is 41.7 Å². The fourth-order valence-corrected chi connectivity index (χ4v) is 4.19. The van der Waals surface area contributed by atoms with Crippen molar-refractivity contribution in [2.24, 2.45) is 16.5 Å². The lowest BCUT2D eigenvalue weighted by Crippen LogP contribution is -2.42. The van der Waals surface area contributed by atoms with Gasteiger partial charge in [0.05, 0.1) is 17.7 Å². The number of aliphatic imine (C=N–C) groups is 1. The predicted molar refractivity (Wildman–Crippen MR) is 140 cm³/mol. The summed E-state index contributed by atoms with van der Waals surface area (Å²) < 4.78 is 0. The molecule has 0 aliphatic carbocycles. The maximum atomic E-state index is 13.5. The van der Waals surface area contributed by atoms with Crippen LogP contribution in [0.15, 0.2) is 47.5 Å². The van der Waals surface area contributed by atoms with Gasteiger partial charge in [0.25, 0.3) is 17.7 Å². The summed E-state index contributed by atoms with van der Waals surface area (Å²) in [5.74, 6) is -2.62. The third-order valence-corrected chi connectivity index (χ3v) is 6.22. The summed E-state index contributed by atoms with van der Waals surface area (Å²) in [7, 11) is 0. The zero-order chi connectivity index (χ0) is 26.9. The number of amides is 3. The number of aliphatic carboxylic acids is 1. The zero-order valence-corrected chi connectivity index (χ0v) is 21.0. The average Bonchev–Trinajstić information content (AvgIpc) is 2.98. The molecule has 1 heterocycles. The number of carboxylic acids is 1. The van der Waals surface area contributed by atoms with E-state index in [9.17, 15) is 19.2 Å². The van der Waals surface area contributed by atoms with Crippen molar-refractivity contribution in [1.29, 1.82) is 0 Å². The molecule has 1 aliphatic rings. The van der Waals surface area contributed by atoms with Crippen molar-refractivity contribution >= 4 is 35.3 Å². The number of fused-ring (bicyclic) bond motifs is 1. The van der Waals surface area contributed by atoms with Crippen LogP contribution in [0.2, 0.25) is 0 Å². The van der Waals surface area contributed by atoms with Crippen molar-refractivity contribution in [2.75, 3.05) is 24.5 Å². The van der Waals surface area contributed by atoms with Crippen molar-refractivity contribution in [2.45, 2.75) is 45.4 Å². The van der Waals surface area contributed by atoms with Crippen LogP contribution in [0.25, 0.3) is 0 Å². The minimum atomic E-state index is -1.08. The minimum absolute atomic E-state index is 0.0617. The Bertz CT molecular complexity index is 1190. The summed E-state index contributed by atoms with van der Waals surface area (Å²) in [6.45, 7) is 2.02. The Morgan fingerprint density at radius 1 is 1.00 bits per heavy atom. The van der Waals surface area contributed by atoms with Gasteiger partial charge in [0.1, 0.15) is 6.54 Å². The maximum Gasteiger partial charge on any atom is 0.305 e. The smallest absolute Gasteiger partial charge is 0.305 e. The highest BCUT2D eigenvalue weighted by Crippen LogP contribution is 2.29. The third kappa shape index (κ3) is 7.16. The average molecular weight is 508 g/mol. The Labute approximate surface area is 215 Å². The Morgan fingerprint density at radius 3 is 2.35 bits per heavy atom. The lowest BCUT2D eigenvalue weighted by Gasteiger charge is -2.21. The molecule has 37 heavy (non-hydrogen) atoms. The number of carboxylic acid groups (broad SMARTS) is 1. The summed E-state index contributed by atoms with van der Waals surface area (Å²) >= 11 is 0. The van der Waals surface area contributed by atoms with Gasteiger partial charge in [0, 0.05) is 18.7 Å². The van der Waals surface area contributed by atoms with Gasteiger partial charge >= 0.3 is 5.97 Å². The zero-order valence-electron chi connectivity index (χ0n) is 21.0. The highest BCUT2D eigenvalue weighted by molar-refractivity contribution is 6.25. The van der Waals surface area contributed by atoms with E-state index in [2.05, 4.69) is 4.99 Å². The molecular weight excluding hydrogens is 474 g/mol. The van der Waals surface area contributed by atoms with Gasteiger partial charge in [-0.15, -0.1) is 0 Å². The standard InChI is InChI=1S/C27H33N5O5/c1-2-18-7-10-20(11-8-18)25(36)32-22-12-9-19(6-4-3-5-14-30-27(28)29)16-21(22)26(37)31(17-23(32)33)15-13-24(34)35/h7-12,16H,2-6,13-15,17H2,1H3,(H,34,35)(H4,28,29,30). The molecule has 0 fully saturated rings. The monoisotopic (exact) mass is 507 g/mol. The van der Waals surface area contributed by atoms with Crippen LogP contribution in [-0.4, -0.2) is 59.3 Å². The molecule has 0 saturated carbocycles. The Kier molecular flexibility index (Phi) is 9.37. The second kappa shape index (κ2) is 12.7. The molecule has 10 nitrogen and oxygen atoms in total. The van der Waals surface area contributed by atoms with E-state index in [-0.39, 0.29) is 36.7 Å². The summed E-state index contributed by atoms with van der Waals surface area (Å²) in [5.41, 5.74) is 13.3. The molecule has 0 radical (unpaired) electrons. The molecule has 0 unspecified atom stereocenters. The van der Waals surface area contributed by atoms with Gasteiger partial charge in [0.15, 0.2) is 5.96 Å². The lowest BCUT2D eigenvalue weighted by molar-refractivity contribution is -0.137. The number of guanidine groups is 1. The van der Waals surface area contributed by atoms with Crippen LogP contribution in [0.1, 0.15) is 64.4 Å². The van der Waals surface area contributed by atoms with E-state index in [4.69, 9.17) is 16.6 Å². The number of rotatable bonds is 11. The summed E-state index contributed by atoms with van der Waals surface area (Å²) in [6.07, 6.45) is 3.71. The first-order valence-corrected chi connectivity index (χ1v) is 12.4. The molecule has 0 aromatic heterocycles. The number of anilines is 1. The Balaban J connectivity index is 1.90. The number of unbranched alkanes of at least 4 members (excludes halogenated alkanes) is 2. The van der Waals surface area contributed by atoms with Crippen LogP contribution >= 0.6 is 0 Å². The maximum absolute atomic E-state index is 13.5. The Morgan fingerprint density at radius 2 is 1.70 bits per heavy atom. The van der Waals surface area contributed by atoms with Crippen molar-refractivity contribution in [1.82, 2.24) is 4.90 Å². The van der Waals surface area contributed by atoms with E-state index in [1.54, 1.807) is 24.3 Å². The second-order valence-corrected chi connectivity index (χ2v) is 8.92. The molecule has 0 spiro atoms. The predicted octanol–water partition coefficient (Wildman–Crippen LogP) is 2.34. The van der Waals surface area contributed by atoms with Gasteiger partial charge in [0.2, 0.25) is 0 Å². The van der Waals surface area contributed by atoms with Crippen LogP contribution in [-0.2, 0) is 22.4 Å². The number of benzene rings is 2. The first-order valence-electron chi connectivity index (χ1n) is 12.4. The molecule has 3 amide bonds. The van der Waals surface area contributed by atoms with E-state index < -0.39 is 23.7 Å². The fourth-order valence-electron chi connectivity index (χ4n) is 4.19. The number of hydrogen-bond donors (Lipinski definition) is 3. The van der Waals surface area contributed by atoms with E-state index >= 15 is 0 Å². The number of nitrogens with zero attached hydrogens (tertiary/aromatic N) is 3. The quantitative estimate of drug-likeness (QED) is 0.182. The van der Waals surface area contributed by atoms with E-state index in [1.807, 2.05) is 25.1 Å². The number of carbonyl (C=O) groups is 4. The van der Waals surface area contributed by atoms with Gasteiger partial charge in [-0.2, -0.15) is 0 Å². The first-order chi connectivity index (χ1) is 17.7. The van der Waals surface area contributed by atoms with Crippen LogP contribution in [0.3, 0.4) is 0 Å². The molecule has 2 aromatic carbocycles. The molecule has 1 aliphatic heterocycles. The van der Waals surface area contributed by atoms with Gasteiger partial charge < -0.3 is 21.5 Å². The Hall–Kier alpha value is -4.21. The molecule has 196 valence electrons. The summed E-state index contributed by atoms with van der Waals surface area (Å²) in [4.78, 5) is 57.5.